The van der Waals surface area contributed by atoms with Crippen molar-refractivity contribution in [1.82, 2.24) is 5.32 Å². The second-order valence-electron chi connectivity index (χ2n) is 4.80. The Morgan fingerprint density at radius 3 is 2.81 bits per heavy atom. The number of nitro groups is 1. The molecule has 0 aliphatic rings. The molecule has 1 N–H and O–H groups in total. The van der Waals surface area contributed by atoms with E-state index in [4.69, 9.17) is 10.00 Å². The molecule has 1 aromatic carbocycles. The summed E-state index contributed by atoms with van der Waals surface area (Å²) in [5.41, 5.74) is -0.949. The van der Waals surface area contributed by atoms with E-state index >= 15 is 0 Å². The number of hydrogen-bond donors (Lipinski definition) is 1. The predicted octanol–water partition coefficient (Wildman–Crippen LogP) is 2.78. The van der Waals surface area contributed by atoms with Crippen molar-refractivity contribution >= 4 is 5.69 Å². The minimum atomic E-state index is -0.765. The highest BCUT2D eigenvalue weighted by molar-refractivity contribution is 5.37. The highest BCUT2D eigenvalue weighted by Crippen LogP contribution is 2.23. The number of ether oxygens (including phenoxy) is 1. The van der Waals surface area contributed by atoms with Gasteiger partial charge >= 0.3 is 0 Å². The lowest BCUT2D eigenvalue weighted by atomic mass is 9.98. The van der Waals surface area contributed by atoms with E-state index in [9.17, 15) is 14.5 Å². The Labute approximate surface area is 122 Å². The first-order chi connectivity index (χ1) is 9.91. The van der Waals surface area contributed by atoms with E-state index in [1.165, 1.54) is 12.1 Å². The van der Waals surface area contributed by atoms with E-state index in [2.05, 4.69) is 11.4 Å². The summed E-state index contributed by atoms with van der Waals surface area (Å²) in [6.07, 6.45) is 1.12. The Morgan fingerprint density at radius 1 is 1.57 bits per heavy atom. The molecule has 114 valence electrons. The maximum atomic E-state index is 13.6. The van der Waals surface area contributed by atoms with Crippen LogP contribution in [0, 0.1) is 27.3 Å². The van der Waals surface area contributed by atoms with Crippen LogP contribution in [0.4, 0.5) is 10.1 Å². The molecule has 0 bridgehead atoms. The summed E-state index contributed by atoms with van der Waals surface area (Å²) < 4.78 is 18.8. The fourth-order valence-electron chi connectivity index (χ4n) is 1.90. The molecule has 0 radical (unpaired) electrons. The summed E-state index contributed by atoms with van der Waals surface area (Å²) in [5, 5.41) is 22.6. The zero-order valence-corrected chi connectivity index (χ0v) is 12.1. The number of nitro benzene ring substituents is 1. The molecule has 1 rings (SSSR count). The standard InChI is InChI=1S/C14H18FN3O3/c1-3-17-14(2,10-16)7-4-8-21-13-6-5-11(18(19)20)9-12(13)15/h5-6,9,17H,3-4,7-8H2,1-2H3. The quantitative estimate of drug-likeness (QED) is 0.452. The van der Waals surface area contributed by atoms with Gasteiger partial charge < -0.3 is 4.74 Å². The third-order valence-corrected chi connectivity index (χ3v) is 3.02. The molecule has 0 saturated carbocycles. The SMILES string of the molecule is CCNC(C)(C#N)CCCOc1ccc([N+](=O)[O-])cc1F. The van der Waals surface area contributed by atoms with E-state index in [0.717, 1.165) is 6.07 Å². The zero-order valence-electron chi connectivity index (χ0n) is 12.1. The van der Waals surface area contributed by atoms with Gasteiger partial charge in [-0.05, 0) is 32.4 Å². The summed E-state index contributed by atoms with van der Waals surface area (Å²) in [6.45, 7) is 4.63. The van der Waals surface area contributed by atoms with Crippen molar-refractivity contribution in [3.05, 3.63) is 34.1 Å². The van der Waals surface area contributed by atoms with Crippen LogP contribution in [0.3, 0.4) is 0 Å². The predicted molar refractivity (Wildman–Crippen MR) is 75.5 cm³/mol. The van der Waals surface area contributed by atoms with Gasteiger partial charge in [0.05, 0.1) is 23.7 Å². The molecule has 6 nitrogen and oxygen atoms in total. The van der Waals surface area contributed by atoms with Crippen molar-refractivity contribution in [2.45, 2.75) is 32.2 Å². The summed E-state index contributed by atoms with van der Waals surface area (Å²) in [7, 11) is 0. The van der Waals surface area contributed by atoms with Crippen LogP contribution in [-0.4, -0.2) is 23.6 Å². The minimum Gasteiger partial charge on any atom is -0.491 e. The number of nitrogens with zero attached hydrogens (tertiary/aromatic N) is 2. The normalized spacial score (nSPS) is 13.2. The number of benzene rings is 1. The molecule has 0 saturated heterocycles. The lowest BCUT2D eigenvalue weighted by Gasteiger charge is -2.22. The fraction of sp³-hybridized carbons (Fsp3) is 0.500. The Bertz CT molecular complexity index is 545. The van der Waals surface area contributed by atoms with Crippen LogP contribution in [-0.2, 0) is 0 Å². The molecular formula is C14H18FN3O3. The molecule has 1 aromatic rings. The van der Waals surface area contributed by atoms with Gasteiger partial charge in [-0.25, -0.2) is 4.39 Å². The summed E-state index contributed by atoms with van der Waals surface area (Å²) >= 11 is 0. The Balaban J connectivity index is 2.50. The van der Waals surface area contributed by atoms with Crippen LogP contribution in [0.25, 0.3) is 0 Å². The van der Waals surface area contributed by atoms with Crippen molar-refractivity contribution < 1.29 is 14.1 Å². The first kappa shape index (κ1) is 16.9. The summed E-state index contributed by atoms with van der Waals surface area (Å²) in [5.74, 6) is -0.790. The minimum absolute atomic E-state index is 0.0253. The second-order valence-corrected chi connectivity index (χ2v) is 4.80. The molecule has 0 aromatic heterocycles. The highest BCUT2D eigenvalue weighted by atomic mass is 19.1. The maximum Gasteiger partial charge on any atom is 0.272 e. The van der Waals surface area contributed by atoms with Crippen molar-refractivity contribution in [2.75, 3.05) is 13.2 Å². The fourth-order valence-corrected chi connectivity index (χ4v) is 1.90. The van der Waals surface area contributed by atoms with Crippen molar-refractivity contribution in [3.8, 4) is 11.8 Å². The number of halogens is 1. The van der Waals surface area contributed by atoms with E-state index in [-0.39, 0.29) is 18.0 Å². The second kappa shape index (κ2) is 7.55. The van der Waals surface area contributed by atoms with E-state index in [0.29, 0.717) is 19.4 Å². The van der Waals surface area contributed by atoms with Crippen LogP contribution >= 0.6 is 0 Å². The molecular weight excluding hydrogens is 277 g/mol. The highest BCUT2D eigenvalue weighted by Gasteiger charge is 2.21. The average molecular weight is 295 g/mol. The number of hydrogen-bond acceptors (Lipinski definition) is 5. The van der Waals surface area contributed by atoms with Crippen LogP contribution in [0.5, 0.6) is 5.75 Å². The Kier molecular flexibility index (Phi) is 6.06. The average Bonchev–Trinajstić information content (AvgIpc) is 2.45. The number of non-ortho nitro benzene ring substituents is 1. The Hall–Kier alpha value is -2.20. The van der Waals surface area contributed by atoms with Gasteiger partial charge in [0.25, 0.3) is 5.69 Å². The first-order valence-corrected chi connectivity index (χ1v) is 6.65. The monoisotopic (exact) mass is 295 g/mol. The third-order valence-electron chi connectivity index (χ3n) is 3.02. The van der Waals surface area contributed by atoms with Crippen molar-refractivity contribution in [2.24, 2.45) is 0 Å². The molecule has 0 aliphatic carbocycles. The van der Waals surface area contributed by atoms with Gasteiger partial charge in [-0.15, -0.1) is 0 Å². The number of rotatable bonds is 8. The molecule has 7 heteroatoms. The van der Waals surface area contributed by atoms with Gasteiger partial charge in [0.2, 0.25) is 0 Å². The van der Waals surface area contributed by atoms with Gasteiger partial charge in [-0.1, -0.05) is 6.92 Å². The van der Waals surface area contributed by atoms with Gasteiger partial charge in [0.15, 0.2) is 11.6 Å². The summed E-state index contributed by atoms with van der Waals surface area (Å²) in [4.78, 5) is 9.83. The van der Waals surface area contributed by atoms with Crippen LogP contribution < -0.4 is 10.1 Å². The third kappa shape index (κ3) is 5.00. The van der Waals surface area contributed by atoms with Gasteiger partial charge in [-0.3, -0.25) is 15.4 Å². The number of nitriles is 1. The van der Waals surface area contributed by atoms with E-state index in [1.54, 1.807) is 6.92 Å². The molecule has 0 aliphatic heterocycles. The van der Waals surface area contributed by atoms with Gasteiger partial charge in [0, 0.05) is 6.07 Å². The van der Waals surface area contributed by atoms with Gasteiger partial charge in [-0.2, -0.15) is 5.26 Å². The molecule has 0 heterocycles. The lowest BCUT2D eigenvalue weighted by molar-refractivity contribution is -0.385. The zero-order chi connectivity index (χ0) is 15.9. The van der Waals surface area contributed by atoms with Crippen LogP contribution in [0.1, 0.15) is 26.7 Å². The molecule has 0 amide bonds. The molecule has 1 atom stereocenters. The van der Waals surface area contributed by atoms with E-state index < -0.39 is 16.3 Å². The topological polar surface area (TPSA) is 88.2 Å². The smallest absolute Gasteiger partial charge is 0.272 e. The summed E-state index contributed by atoms with van der Waals surface area (Å²) in [6, 6.07) is 5.45. The molecule has 0 spiro atoms. The van der Waals surface area contributed by atoms with Crippen molar-refractivity contribution in [3.63, 3.8) is 0 Å². The largest absolute Gasteiger partial charge is 0.491 e. The van der Waals surface area contributed by atoms with E-state index in [1.807, 2.05) is 6.92 Å². The van der Waals surface area contributed by atoms with Crippen LogP contribution in [0.2, 0.25) is 0 Å². The van der Waals surface area contributed by atoms with Crippen LogP contribution in [0.15, 0.2) is 18.2 Å². The molecule has 1 unspecified atom stereocenters. The molecule has 21 heavy (non-hydrogen) atoms. The van der Waals surface area contributed by atoms with Crippen molar-refractivity contribution in [1.29, 1.82) is 5.26 Å². The first-order valence-electron chi connectivity index (χ1n) is 6.65. The molecule has 0 fully saturated rings. The number of nitrogens with one attached hydrogen (secondary N) is 1. The lowest BCUT2D eigenvalue weighted by Crippen LogP contribution is -2.40. The maximum absolute atomic E-state index is 13.6. The Morgan fingerprint density at radius 2 is 2.29 bits per heavy atom. The van der Waals surface area contributed by atoms with Gasteiger partial charge in [0.1, 0.15) is 5.54 Å².